The monoisotopic (exact) mass is 507 g/mol. The molecule has 9 heteroatoms. The van der Waals surface area contributed by atoms with Gasteiger partial charge in [-0.05, 0) is 56.5 Å². The number of rotatable bonds is 12. The van der Waals surface area contributed by atoms with Crippen LogP contribution in [0.25, 0.3) is 0 Å². The molecule has 1 atom stereocenters. The molecule has 0 saturated carbocycles. The molecule has 7 nitrogen and oxygen atoms in total. The SMILES string of the molecule is CCC(C(=O)NC(C)C)N(Cc1ccc(Cl)cc1)C(=O)CCCN(c1ccccc1)S(C)(=O)=O. The summed E-state index contributed by atoms with van der Waals surface area (Å²) in [5, 5.41) is 3.49. The lowest BCUT2D eigenvalue weighted by molar-refractivity contribution is -0.141. The van der Waals surface area contributed by atoms with Crippen molar-refractivity contribution in [1.29, 1.82) is 0 Å². The molecule has 0 aromatic heterocycles. The number of halogens is 1. The number of carbonyl (C=O) groups is 2. The van der Waals surface area contributed by atoms with E-state index in [1.165, 1.54) is 4.31 Å². The van der Waals surface area contributed by atoms with Crippen LogP contribution < -0.4 is 9.62 Å². The first-order valence-electron chi connectivity index (χ1n) is 11.4. The molecule has 34 heavy (non-hydrogen) atoms. The van der Waals surface area contributed by atoms with E-state index in [4.69, 9.17) is 11.6 Å². The zero-order valence-corrected chi connectivity index (χ0v) is 21.8. The molecule has 1 unspecified atom stereocenters. The van der Waals surface area contributed by atoms with Gasteiger partial charge in [0.05, 0.1) is 11.9 Å². The van der Waals surface area contributed by atoms with E-state index in [0.29, 0.717) is 23.6 Å². The number of nitrogens with one attached hydrogen (secondary N) is 1. The van der Waals surface area contributed by atoms with Crippen molar-refractivity contribution in [3.05, 3.63) is 65.2 Å². The lowest BCUT2D eigenvalue weighted by Gasteiger charge is -2.31. The first kappa shape index (κ1) is 27.7. The van der Waals surface area contributed by atoms with Crippen LogP contribution in [0.15, 0.2) is 54.6 Å². The Hall–Kier alpha value is -2.58. The highest BCUT2D eigenvalue weighted by Gasteiger charge is 2.29. The number of amides is 2. The van der Waals surface area contributed by atoms with E-state index in [1.54, 1.807) is 41.3 Å². The van der Waals surface area contributed by atoms with Crippen molar-refractivity contribution >= 4 is 39.1 Å². The Morgan fingerprint density at radius 3 is 2.18 bits per heavy atom. The van der Waals surface area contributed by atoms with E-state index in [0.717, 1.165) is 11.8 Å². The second kappa shape index (κ2) is 12.8. The van der Waals surface area contributed by atoms with Crippen molar-refractivity contribution in [1.82, 2.24) is 10.2 Å². The van der Waals surface area contributed by atoms with E-state index >= 15 is 0 Å². The zero-order chi connectivity index (χ0) is 25.3. The Labute approximate surface area is 208 Å². The average Bonchev–Trinajstić information content (AvgIpc) is 2.77. The highest BCUT2D eigenvalue weighted by atomic mass is 35.5. The van der Waals surface area contributed by atoms with Gasteiger partial charge in [0.2, 0.25) is 21.8 Å². The molecule has 2 rings (SSSR count). The zero-order valence-electron chi connectivity index (χ0n) is 20.2. The van der Waals surface area contributed by atoms with E-state index in [2.05, 4.69) is 5.32 Å². The minimum atomic E-state index is -3.50. The highest BCUT2D eigenvalue weighted by molar-refractivity contribution is 7.92. The lowest BCUT2D eigenvalue weighted by atomic mass is 10.1. The molecule has 0 radical (unpaired) electrons. The maximum Gasteiger partial charge on any atom is 0.243 e. The number of hydrogen-bond acceptors (Lipinski definition) is 4. The highest BCUT2D eigenvalue weighted by Crippen LogP contribution is 2.20. The first-order valence-corrected chi connectivity index (χ1v) is 13.6. The third-order valence-corrected chi connectivity index (χ3v) is 6.73. The van der Waals surface area contributed by atoms with Crippen LogP contribution in [0.4, 0.5) is 5.69 Å². The molecule has 0 spiro atoms. The second-order valence-electron chi connectivity index (χ2n) is 8.51. The summed E-state index contributed by atoms with van der Waals surface area (Å²) in [7, 11) is -3.50. The van der Waals surface area contributed by atoms with Crippen LogP contribution in [0.2, 0.25) is 5.02 Å². The van der Waals surface area contributed by atoms with Gasteiger partial charge in [0.1, 0.15) is 6.04 Å². The smallest absolute Gasteiger partial charge is 0.243 e. The molecule has 0 fully saturated rings. The minimum absolute atomic E-state index is 0.0526. The van der Waals surface area contributed by atoms with Gasteiger partial charge in [0.25, 0.3) is 0 Å². The molecule has 186 valence electrons. The Balaban J connectivity index is 2.19. The summed E-state index contributed by atoms with van der Waals surface area (Å²) in [5.41, 5.74) is 1.41. The predicted octanol–water partition coefficient (Wildman–Crippen LogP) is 4.22. The third-order valence-electron chi connectivity index (χ3n) is 5.28. The van der Waals surface area contributed by atoms with Crippen LogP contribution in [0.5, 0.6) is 0 Å². The van der Waals surface area contributed by atoms with Gasteiger partial charge in [0, 0.05) is 30.6 Å². The normalized spacial score (nSPS) is 12.3. The standard InChI is InChI=1S/C25H34ClN3O4S/c1-5-23(25(31)27-19(2)3)28(18-20-13-15-21(26)16-14-20)24(30)12-9-17-29(34(4,32)33)22-10-7-6-8-11-22/h6-8,10-11,13-16,19,23H,5,9,12,17-18H2,1-4H3,(H,27,31). The van der Waals surface area contributed by atoms with Gasteiger partial charge in [-0.2, -0.15) is 0 Å². The van der Waals surface area contributed by atoms with Gasteiger partial charge in [-0.1, -0.05) is 48.9 Å². The van der Waals surface area contributed by atoms with Crippen molar-refractivity contribution in [3.8, 4) is 0 Å². The van der Waals surface area contributed by atoms with Crippen molar-refractivity contribution in [2.45, 2.75) is 58.7 Å². The summed E-state index contributed by atoms with van der Waals surface area (Å²) >= 11 is 6.00. The molecule has 0 saturated heterocycles. The molecule has 0 bridgehead atoms. The number of nitrogens with zero attached hydrogens (tertiary/aromatic N) is 2. The summed E-state index contributed by atoms with van der Waals surface area (Å²) in [6.45, 7) is 6.04. The summed E-state index contributed by atoms with van der Waals surface area (Å²) in [6, 6.07) is 15.3. The van der Waals surface area contributed by atoms with E-state index in [-0.39, 0.29) is 37.4 Å². The van der Waals surface area contributed by atoms with Crippen molar-refractivity contribution < 1.29 is 18.0 Å². The Morgan fingerprint density at radius 2 is 1.65 bits per heavy atom. The number of benzene rings is 2. The first-order chi connectivity index (χ1) is 16.0. The molecule has 0 heterocycles. The largest absolute Gasteiger partial charge is 0.352 e. The number of sulfonamides is 1. The summed E-state index contributed by atoms with van der Waals surface area (Å²) in [5.74, 6) is -0.413. The van der Waals surface area contributed by atoms with Crippen LogP contribution in [0.3, 0.4) is 0 Å². The minimum Gasteiger partial charge on any atom is -0.352 e. The Bertz CT molecular complexity index is 1040. The molecule has 0 aliphatic rings. The molecule has 2 aromatic rings. The fourth-order valence-electron chi connectivity index (χ4n) is 3.68. The van der Waals surface area contributed by atoms with Gasteiger partial charge in [-0.15, -0.1) is 0 Å². The van der Waals surface area contributed by atoms with E-state index < -0.39 is 16.1 Å². The molecular weight excluding hydrogens is 474 g/mol. The molecule has 2 aromatic carbocycles. The van der Waals surface area contributed by atoms with Crippen molar-refractivity contribution in [2.24, 2.45) is 0 Å². The maximum atomic E-state index is 13.3. The van der Waals surface area contributed by atoms with Gasteiger partial charge in [-0.3, -0.25) is 13.9 Å². The van der Waals surface area contributed by atoms with Crippen molar-refractivity contribution in [2.75, 3.05) is 17.1 Å². The van der Waals surface area contributed by atoms with Crippen LogP contribution in [0, 0.1) is 0 Å². The maximum absolute atomic E-state index is 13.3. The summed E-state index contributed by atoms with van der Waals surface area (Å²) < 4.78 is 25.9. The van der Waals surface area contributed by atoms with Crippen LogP contribution in [0.1, 0.15) is 45.6 Å². The lowest BCUT2D eigenvalue weighted by Crippen LogP contribution is -2.50. The Morgan fingerprint density at radius 1 is 1.03 bits per heavy atom. The van der Waals surface area contributed by atoms with Crippen LogP contribution in [-0.4, -0.2) is 50.0 Å². The second-order valence-corrected chi connectivity index (χ2v) is 10.9. The van der Waals surface area contributed by atoms with Gasteiger partial charge < -0.3 is 10.2 Å². The van der Waals surface area contributed by atoms with Gasteiger partial charge in [-0.25, -0.2) is 8.42 Å². The Kier molecular flexibility index (Phi) is 10.4. The number of para-hydroxylation sites is 1. The molecular formula is C25H34ClN3O4S. The predicted molar refractivity (Wildman–Crippen MR) is 137 cm³/mol. The topological polar surface area (TPSA) is 86.8 Å². The fraction of sp³-hybridized carbons (Fsp3) is 0.440. The van der Waals surface area contributed by atoms with Crippen LogP contribution in [-0.2, 0) is 26.2 Å². The van der Waals surface area contributed by atoms with Crippen LogP contribution >= 0.6 is 11.6 Å². The average molecular weight is 508 g/mol. The van der Waals surface area contributed by atoms with Gasteiger partial charge >= 0.3 is 0 Å². The number of hydrogen-bond donors (Lipinski definition) is 1. The van der Waals surface area contributed by atoms with Crippen molar-refractivity contribution in [3.63, 3.8) is 0 Å². The molecule has 0 aliphatic heterocycles. The summed E-state index contributed by atoms with van der Waals surface area (Å²) in [4.78, 5) is 27.8. The molecule has 2 amide bonds. The fourth-order valence-corrected chi connectivity index (χ4v) is 4.78. The van der Waals surface area contributed by atoms with E-state index in [9.17, 15) is 18.0 Å². The number of carbonyl (C=O) groups excluding carboxylic acids is 2. The van der Waals surface area contributed by atoms with E-state index in [1.807, 2.05) is 39.0 Å². The third kappa shape index (κ3) is 8.33. The molecule has 0 aliphatic carbocycles. The quantitative estimate of drug-likeness (QED) is 0.466. The number of anilines is 1. The summed E-state index contributed by atoms with van der Waals surface area (Å²) in [6.07, 6.45) is 2.04. The van der Waals surface area contributed by atoms with Gasteiger partial charge in [0.15, 0.2) is 0 Å². The molecule has 1 N–H and O–H groups in total.